The fraction of sp³-hybridized carbons (Fsp3) is 0.467. The van der Waals surface area contributed by atoms with Gasteiger partial charge in [0.05, 0.1) is 5.41 Å². The Morgan fingerprint density at radius 3 is 2.19 bits per heavy atom. The average Bonchev–Trinajstić information content (AvgIpc) is 3.38. The van der Waals surface area contributed by atoms with Gasteiger partial charge in [-0.15, -0.1) is 6.58 Å². The van der Waals surface area contributed by atoms with Crippen LogP contribution in [0.25, 0.3) is 0 Å². The molecule has 1 saturated heterocycles. The van der Waals surface area contributed by atoms with Crippen molar-refractivity contribution in [2.24, 2.45) is 0 Å². The molecule has 4 nitrogen and oxygen atoms in total. The zero-order chi connectivity index (χ0) is 26.0. The van der Waals surface area contributed by atoms with Gasteiger partial charge in [-0.25, -0.2) is 0 Å². The third-order valence-electron chi connectivity index (χ3n) is 7.29. The number of benzene rings is 2. The highest BCUT2D eigenvalue weighted by atomic mass is 33.1. The minimum absolute atomic E-state index is 0.0908. The molecule has 0 N–H and O–H groups in total. The molecule has 2 atom stereocenters. The Morgan fingerprint density at radius 2 is 1.69 bits per heavy atom. The van der Waals surface area contributed by atoms with Gasteiger partial charge >= 0.3 is 5.97 Å². The number of ketones is 1. The summed E-state index contributed by atoms with van der Waals surface area (Å²) in [5, 5.41) is 0. The fourth-order valence-corrected chi connectivity index (χ4v) is 8.05. The first-order valence-electron chi connectivity index (χ1n) is 12.7. The van der Waals surface area contributed by atoms with Crippen molar-refractivity contribution in [1.29, 1.82) is 0 Å². The van der Waals surface area contributed by atoms with E-state index in [0.717, 1.165) is 42.6 Å². The highest BCUT2D eigenvalue weighted by molar-refractivity contribution is 8.77. The van der Waals surface area contributed by atoms with Gasteiger partial charge in [-0.1, -0.05) is 94.7 Å². The highest BCUT2D eigenvalue weighted by Crippen LogP contribution is 2.50. The van der Waals surface area contributed by atoms with Crippen LogP contribution in [0.5, 0.6) is 0 Å². The number of esters is 1. The summed E-state index contributed by atoms with van der Waals surface area (Å²) in [6, 6.07) is 19.9. The predicted octanol–water partition coefficient (Wildman–Crippen LogP) is 6.70. The first-order chi connectivity index (χ1) is 17.3. The van der Waals surface area contributed by atoms with Crippen molar-refractivity contribution in [3.8, 4) is 0 Å². The monoisotopic (exact) mass is 525 g/mol. The number of carbonyl (C=O) groups excluding carboxylic acids is 2. The number of hydrogen-bond donors (Lipinski definition) is 0. The lowest BCUT2D eigenvalue weighted by molar-refractivity contribution is -0.149. The standard InChI is InChI=1S/C30H39NO3S2/c1-5-29(20-21-35-36-29)19-13-12-18-28(33)34-23-27(32)30(22-24(2)31(3)4,25-14-8-6-9-15-25)26-16-10-7-11-17-26/h5-11,14-17,24H,1,12-13,18-23H2,2-4H3. The zero-order valence-electron chi connectivity index (χ0n) is 21.8. The number of unbranched alkanes of at least 4 members (excludes halogenated alkanes) is 1. The second kappa shape index (κ2) is 13.5. The number of hydrogen-bond acceptors (Lipinski definition) is 6. The Bertz CT molecular complexity index is 948. The Hall–Kier alpha value is -2.02. The second-order valence-corrected chi connectivity index (χ2v) is 12.7. The normalized spacial score (nSPS) is 18.7. The number of rotatable bonds is 14. The lowest BCUT2D eigenvalue weighted by Crippen LogP contribution is -2.45. The van der Waals surface area contributed by atoms with Crippen LogP contribution in [0, 0.1) is 0 Å². The summed E-state index contributed by atoms with van der Waals surface area (Å²) in [5.41, 5.74) is 0.945. The molecule has 2 unspecified atom stereocenters. The molecule has 0 aliphatic carbocycles. The van der Waals surface area contributed by atoms with Gasteiger partial charge in [0.15, 0.2) is 12.4 Å². The van der Waals surface area contributed by atoms with E-state index in [1.807, 2.05) is 96.3 Å². The lowest BCUT2D eigenvalue weighted by atomic mass is 9.67. The molecule has 36 heavy (non-hydrogen) atoms. The topological polar surface area (TPSA) is 46.6 Å². The molecule has 0 spiro atoms. The maximum absolute atomic E-state index is 14.0. The maximum atomic E-state index is 14.0. The van der Waals surface area contributed by atoms with E-state index in [9.17, 15) is 9.59 Å². The van der Waals surface area contributed by atoms with Crippen molar-refractivity contribution >= 4 is 33.3 Å². The van der Waals surface area contributed by atoms with E-state index in [1.165, 1.54) is 0 Å². The van der Waals surface area contributed by atoms with E-state index in [0.29, 0.717) is 12.8 Å². The van der Waals surface area contributed by atoms with Crippen molar-refractivity contribution in [3.05, 3.63) is 84.4 Å². The SMILES string of the molecule is C=CC1(CCCCC(=O)OCC(=O)C(CC(C)N(C)C)(c2ccccc2)c2ccccc2)CCSS1. The van der Waals surface area contributed by atoms with Crippen LogP contribution in [0.4, 0.5) is 0 Å². The van der Waals surface area contributed by atoms with E-state index in [2.05, 4.69) is 24.5 Å². The van der Waals surface area contributed by atoms with Gasteiger partial charge in [0.1, 0.15) is 0 Å². The summed E-state index contributed by atoms with van der Waals surface area (Å²) < 4.78 is 5.72. The molecule has 0 amide bonds. The van der Waals surface area contributed by atoms with Crippen molar-refractivity contribution in [1.82, 2.24) is 4.90 Å². The number of carbonyl (C=O) groups is 2. The largest absolute Gasteiger partial charge is 0.458 e. The van der Waals surface area contributed by atoms with Gasteiger partial charge in [0.25, 0.3) is 0 Å². The molecule has 6 heteroatoms. The molecule has 0 aromatic heterocycles. The van der Waals surface area contributed by atoms with Crippen molar-refractivity contribution in [2.45, 2.75) is 61.7 Å². The number of Topliss-reactive ketones (excluding diaryl/α,β-unsaturated/α-hetero) is 1. The first-order valence-corrected chi connectivity index (χ1v) is 15.1. The van der Waals surface area contributed by atoms with Gasteiger partial charge in [0.2, 0.25) is 0 Å². The molecule has 0 bridgehead atoms. The van der Waals surface area contributed by atoms with Crippen molar-refractivity contribution < 1.29 is 14.3 Å². The van der Waals surface area contributed by atoms with Crippen molar-refractivity contribution in [3.63, 3.8) is 0 Å². The van der Waals surface area contributed by atoms with Crippen LogP contribution >= 0.6 is 21.6 Å². The van der Waals surface area contributed by atoms with E-state index in [1.54, 1.807) is 0 Å². The molecule has 194 valence electrons. The maximum Gasteiger partial charge on any atom is 0.306 e. The Labute approximate surface area is 224 Å². The molecule has 2 aromatic carbocycles. The molecule has 1 heterocycles. The number of nitrogens with zero attached hydrogens (tertiary/aromatic N) is 1. The quantitative estimate of drug-likeness (QED) is 0.118. The third kappa shape index (κ3) is 7.05. The summed E-state index contributed by atoms with van der Waals surface area (Å²) in [4.78, 5) is 28.7. The van der Waals surface area contributed by atoms with Gasteiger partial charge in [-0.3, -0.25) is 9.59 Å². The van der Waals surface area contributed by atoms with Crippen LogP contribution in [0.3, 0.4) is 0 Å². The first kappa shape index (κ1) is 28.5. The summed E-state index contributed by atoms with van der Waals surface area (Å²) in [7, 11) is 7.85. The summed E-state index contributed by atoms with van der Waals surface area (Å²) in [6.45, 7) is 5.91. The molecular formula is C30H39NO3S2. The van der Waals surface area contributed by atoms with E-state index in [-0.39, 0.29) is 29.1 Å². The molecule has 3 rings (SSSR count). The Kier molecular flexibility index (Phi) is 10.7. The van der Waals surface area contributed by atoms with Crippen LogP contribution in [-0.2, 0) is 19.7 Å². The molecule has 1 aliphatic rings. The van der Waals surface area contributed by atoms with Crippen LogP contribution in [0.15, 0.2) is 73.3 Å². The smallest absolute Gasteiger partial charge is 0.306 e. The average molecular weight is 526 g/mol. The van der Waals surface area contributed by atoms with E-state index >= 15 is 0 Å². The van der Waals surface area contributed by atoms with Crippen LogP contribution in [0.1, 0.15) is 56.6 Å². The van der Waals surface area contributed by atoms with Gasteiger partial charge in [0, 0.05) is 23.0 Å². The van der Waals surface area contributed by atoms with Gasteiger partial charge in [-0.2, -0.15) is 0 Å². The minimum Gasteiger partial charge on any atom is -0.458 e. The molecule has 1 aliphatic heterocycles. The second-order valence-electron chi connectivity index (χ2n) is 9.87. The fourth-order valence-electron chi connectivity index (χ4n) is 4.76. The van der Waals surface area contributed by atoms with Crippen molar-refractivity contribution in [2.75, 3.05) is 26.5 Å². The minimum atomic E-state index is -0.903. The third-order valence-corrected chi connectivity index (χ3v) is 10.5. The highest BCUT2D eigenvalue weighted by Gasteiger charge is 2.43. The molecule has 2 aromatic rings. The van der Waals surface area contributed by atoms with Gasteiger partial charge in [-0.05, 0) is 57.8 Å². The Morgan fingerprint density at radius 1 is 1.08 bits per heavy atom. The molecule has 1 fully saturated rings. The molecular weight excluding hydrogens is 486 g/mol. The summed E-state index contributed by atoms with van der Waals surface area (Å²) in [5.74, 6) is 0.754. The summed E-state index contributed by atoms with van der Waals surface area (Å²) >= 11 is 0. The van der Waals surface area contributed by atoms with Gasteiger partial charge < -0.3 is 9.64 Å². The van der Waals surface area contributed by atoms with Crippen LogP contribution in [-0.4, -0.2) is 53.9 Å². The van der Waals surface area contributed by atoms with E-state index in [4.69, 9.17) is 4.74 Å². The van der Waals surface area contributed by atoms with Crippen LogP contribution < -0.4 is 0 Å². The van der Waals surface area contributed by atoms with Crippen LogP contribution in [0.2, 0.25) is 0 Å². The van der Waals surface area contributed by atoms with E-state index < -0.39 is 5.41 Å². The predicted molar refractivity (Wildman–Crippen MR) is 153 cm³/mol. The molecule has 0 radical (unpaired) electrons. The zero-order valence-corrected chi connectivity index (χ0v) is 23.4. The Balaban J connectivity index is 1.71. The molecule has 0 saturated carbocycles. The number of ether oxygens (including phenoxy) is 1. The lowest BCUT2D eigenvalue weighted by Gasteiger charge is -2.37. The summed E-state index contributed by atoms with van der Waals surface area (Å²) in [6.07, 6.45) is 6.84.